The van der Waals surface area contributed by atoms with Gasteiger partial charge in [-0.15, -0.1) is 0 Å². The van der Waals surface area contributed by atoms with Crippen molar-refractivity contribution >= 4 is 5.95 Å². The Morgan fingerprint density at radius 2 is 2.12 bits per heavy atom. The van der Waals surface area contributed by atoms with Crippen molar-refractivity contribution in [3.63, 3.8) is 0 Å². The molecule has 2 saturated carbocycles. The molecule has 0 aromatic carbocycles. The largest absolute Gasteiger partial charge is 0.390 e. The molecule has 26 heavy (non-hydrogen) atoms. The number of methoxy groups -OCH3 is 1. The van der Waals surface area contributed by atoms with Crippen molar-refractivity contribution in [1.82, 2.24) is 9.97 Å². The number of aromatic nitrogens is 2. The van der Waals surface area contributed by atoms with Gasteiger partial charge in [0.05, 0.1) is 29.2 Å². The van der Waals surface area contributed by atoms with Crippen LogP contribution in [0, 0.1) is 17.2 Å². The molecule has 0 bridgehead atoms. The molecule has 6 nitrogen and oxygen atoms in total. The van der Waals surface area contributed by atoms with Crippen LogP contribution in [-0.2, 0) is 11.2 Å². The van der Waals surface area contributed by atoms with Gasteiger partial charge in [0.25, 0.3) is 0 Å². The third-order valence-electron chi connectivity index (χ3n) is 5.87. The van der Waals surface area contributed by atoms with E-state index in [0.717, 1.165) is 63.5 Å². The third kappa shape index (κ3) is 4.93. The summed E-state index contributed by atoms with van der Waals surface area (Å²) < 4.78 is 5.42. The van der Waals surface area contributed by atoms with Gasteiger partial charge in [0.1, 0.15) is 6.07 Å². The molecule has 142 valence electrons. The van der Waals surface area contributed by atoms with E-state index < -0.39 is 5.60 Å². The van der Waals surface area contributed by atoms with Gasteiger partial charge in [-0.05, 0) is 64.2 Å². The summed E-state index contributed by atoms with van der Waals surface area (Å²) in [7, 11) is 1.77. The molecular weight excluding hydrogens is 328 g/mol. The zero-order valence-corrected chi connectivity index (χ0v) is 15.9. The number of rotatable bonds is 5. The van der Waals surface area contributed by atoms with Crippen molar-refractivity contribution in [2.24, 2.45) is 5.92 Å². The maximum atomic E-state index is 10.3. The van der Waals surface area contributed by atoms with Crippen molar-refractivity contribution in [3.8, 4) is 6.07 Å². The van der Waals surface area contributed by atoms with Crippen LogP contribution in [0.2, 0.25) is 0 Å². The molecule has 1 aromatic heterocycles. The normalized spacial score (nSPS) is 32.0. The average molecular weight is 358 g/mol. The highest BCUT2D eigenvalue weighted by Crippen LogP contribution is 2.34. The number of aliphatic hydroxyl groups is 1. The molecule has 2 fully saturated rings. The lowest BCUT2D eigenvalue weighted by Crippen LogP contribution is -2.33. The van der Waals surface area contributed by atoms with E-state index in [1.54, 1.807) is 13.3 Å². The summed E-state index contributed by atoms with van der Waals surface area (Å²) in [5.74, 6) is 0.980. The molecule has 0 amide bonds. The zero-order valence-electron chi connectivity index (χ0n) is 15.9. The number of hydrogen-bond acceptors (Lipinski definition) is 6. The Morgan fingerprint density at radius 1 is 1.35 bits per heavy atom. The summed E-state index contributed by atoms with van der Waals surface area (Å²) in [6, 6.07) is 2.58. The van der Waals surface area contributed by atoms with E-state index in [1.807, 2.05) is 6.92 Å². The van der Waals surface area contributed by atoms with Crippen LogP contribution < -0.4 is 5.32 Å². The molecule has 1 heterocycles. The minimum atomic E-state index is -0.593. The number of nitrogens with one attached hydrogen (secondary N) is 1. The van der Waals surface area contributed by atoms with Crippen LogP contribution in [0.15, 0.2) is 6.20 Å². The van der Waals surface area contributed by atoms with Crippen LogP contribution in [0.5, 0.6) is 0 Å². The van der Waals surface area contributed by atoms with Gasteiger partial charge in [-0.1, -0.05) is 6.42 Å². The fourth-order valence-corrected chi connectivity index (χ4v) is 4.41. The molecule has 0 saturated heterocycles. The maximum absolute atomic E-state index is 10.3. The fraction of sp³-hybridized carbons (Fsp3) is 0.750. The molecule has 2 N–H and O–H groups in total. The van der Waals surface area contributed by atoms with Crippen molar-refractivity contribution in [2.75, 3.05) is 12.4 Å². The topological polar surface area (TPSA) is 91.1 Å². The highest BCUT2D eigenvalue weighted by Gasteiger charge is 2.30. The van der Waals surface area contributed by atoms with Gasteiger partial charge in [-0.3, -0.25) is 0 Å². The predicted octanol–water partition coefficient (Wildman–Crippen LogP) is 3.20. The van der Waals surface area contributed by atoms with Crippen molar-refractivity contribution < 1.29 is 9.84 Å². The first-order chi connectivity index (χ1) is 12.5. The first kappa shape index (κ1) is 19.1. The van der Waals surface area contributed by atoms with Crippen LogP contribution >= 0.6 is 0 Å². The van der Waals surface area contributed by atoms with Gasteiger partial charge in [0, 0.05) is 13.2 Å². The second kappa shape index (κ2) is 8.32. The molecule has 0 radical (unpaired) electrons. The van der Waals surface area contributed by atoms with Gasteiger partial charge < -0.3 is 15.2 Å². The summed E-state index contributed by atoms with van der Waals surface area (Å²) in [5.41, 5.74) is 0.756. The maximum Gasteiger partial charge on any atom is 0.223 e. The molecule has 0 spiro atoms. The molecule has 2 atom stereocenters. The SMILES string of the molecule is COC1CCC(Nc2ncc(C#N)c(C[C@@H]3CCC[C@](C)(O)C3)n2)CC1. The van der Waals surface area contributed by atoms with E-state index in [1.165, 1.54) is 0 Å². The van der Waals surface area contributed by atoms with E-state index in [4.69, 9.17) is 4.74 Å². The smallest absolute Gasteiger partial charge is 0.223 e. The Kier molecular flexibility index (Phi) is 6.10. The molecule has 6 heteroatoms. The Labute approximate surface area is 156 Å². The van der Waals surface area contributed by atoms with Gasteiger partial charge in [0.15, 0.2) is 0 Å². The minimum Gasteiger partial charge on any atom is -0.390 e. The molecule has 1 aromatic rings. The second-order valence-corrected chi connectivity index (χ2v) is 8.18. The minimum absolute atomic E-state index is 0.359. The lowest BCUT2D eigenvalue weighted by Gasteiger charge is -2.34. The second-order valence-electron chi connectivity index (χ2n) is 8.18. The number of anilines is 1. The van der Waals surface area contributed by atoms with Gasteiger partial charge >= 0.3 is 0 Å². The highest BCUT2D eigenvalue weighted by molar-refractivity contribution is 5.37. The monoisotopic (exact) mass is 358 g/mol. The van der Waals surface area contributed by atoms with Gasteiger partial charge in [-0.2, -0.15) is 5.26 Å². The number of ether oxygens (including phenoxy) is 1. The standard InChI is InChI=1S/C20H30N4O2/c1-20(25)9-3-4-14(11-20)10-18-15(12-21)13-22-19(24-18)23-16-5-7-17(26-2)8-6-16/h13-14,16-17,25H,3-11H2,1-2H3,(H,22,23,24)/t14-,16?,17?,20-/m0/s1. The first-order valence-electron chi connectivity index (χ1n) is 9.77. The van der Waals surface area contributed by atoms with E-state index in [0.29, 0.717) is 29.6 Å². The van der Waals surface area contributed by atoms with Crippen LogP contribution in [-0.4, -0.2) is 39.9 Å². The van der Waals surface area contributed by atoms with Crippen LogP contribution in [0.25, 0.3) is 0 Å². The molecule has 0 aliphatic heterocycles. The predicted molar refractivity (Wildman–Crippen MR) is 99.7 cm³/mol. The quantitative estimate of drug-likeness (QED) is 0.840. The zero-order chi connectivity index (χ0) is 18.6. The molecule has 3 rings (SSSR count). The summed E-state index contributed by atoms with van der Waals surface area (Å²) in [4.78, 5) is 9.00. The summed E-state index contributed by atoms with van der Waals surface area (Å²) in [5, 5.41) is 23.2. The van der Waals surface area contributed by atoms with E-state index in [2.05, 4.69) is 21.4 Å². The Bertz CT molecular complexity index is 648. The Hall–Kier alpha value is -1.71. The fourth-order valence-electron chi connectivity index (χ4n) is 4.41. The number of nitrogens with zero attached hydrogens (tertiary/aromatic N) is 3. The van der Waals surface area contributed by atoms with Gasteiger partial charge in [0.2, 0.25) is 5.95 Å². The molecule has 0 unspecified atom stereocenters. The third-order valence-corrected chi connectivity index (χ3v) is 5.87. The Morgan fingerprint density at radius 3 is 2.77 bits per heavy atom. The summed E-state index contributed by atoms with van der Waals surface area (Å²) in [6.07, 6.45) is 10.6. The van der Waals surface area contributed by atoms with E-state index in [9.17, 15) is 10.4 Å². The highest BCUT2D eigenvalue weighted by atomic mass is 16.5. The van der Waals surface area contributed by atoms with Gasteiger partial charge in [-0.25, -0.2) is 9.97 Å². The first-order valence-corrected chi connectivity index (χ1v) is 9.77. The number of nitriles is 1. The average Bonchev–Trinajstić information content (AvgIpc) is 2.62. The summed E-state index contributed by atoms with van der Waals surface area (Å²) >= 11 is 0. The van der Waals surface area contributed by atoms with Crippen LogP contribution in [0.1, 0.15) is 69.5 Å². The Balaban J connectivity index is 1.66. The van der Waals surface area contributed by atoms with Crippen molar-refractivity contribution in [2.45, 2.75) is 82.5 Å². The van der Waals surface area contributed by atoms with E-state index in [-0.39, 0.29) is 0 Å². The van der Waals surface area contributed by atoms with Crippen LogP contribution in [0.4, 0.5) is 5.95 Å². The van der Waals surface area contributed by atoms with Crippen molar-refractivity contribution in [3.05, 3.63) is 17.5 Å². The molecule has 2 aliphatic rings. The molecule has 2 aliphatic carbocycles. The van der Waals surface area contributed by atoms with Crippen LogP contribution in [0.3, 0.4) is 0 Å². The van der Waals surface area contributed by atoms with Crippen molar-refractivity contribution in [1.29, 1.82) is 5.26 Å². The lowest BCUT2D eigenvalue weighted by molar-refractivity contribution is 0.00107. The lowest BCUT2D eigenvalue weighted by atomic mass is 9.77. The van der Waals surface area contributed by atoms with E-state index >= 15 is 0 Å². The number of hydrogen-bond donors (Lipinski definition) is 2. The molecular formula is C20H30N4O2. The summed E-state index contributed by atoms with van der Waals surface area (Å²) in [6.45, 7) is 1.91.